The zero-order valence-corrected chi connectivity index (χ0v) is 10.4. The third kappa shape index (κ3) is 2.90. The average Bonchev–Trinajstić information content (AvgIpc) is 2.49. The molecule has 2 rings (SSSR count). The van der Waals surface area contributed by atoms with Gasteiger partial charge in [-0.3, -0.25) is 4.99 Å². The normalized spacial score (nSPS) is 16.4. The van der Waals surface area contributed by atoms with Crippen LogP contribution in [-0.4, -0.2) is 30.1 Å². The number of benzene rings is 1. The molecule has 4 heteroatoms. The van der Waals surface area contributed by atoms with Crippen molar-refractivity contribution in [1.82, 2.24) is 4.90 Å². The molecular formula is C13H19N3O. The van der Waals surface area contributed by atoms with Crippen LogP contribution in [0.5, 0.6) is 5.75 Å². The van der Waals surface area contributed by atoms with Gasteiger partial charge in [0.15, 0.2) is 5.96 Å². The fraction of sp³-hybridized carbons (Fsp3) is 0.462. The number of fused-ring (bicyclic) bond motifs is 1. The van der Waals surface area contributed by atoms with Crippen LogP contribution < -0.4 is 10.5 Å². The summed E-state index contributed by atoms with van der Waals surface area (Å²) in [5.41, 5.74) is 7.16. The molecule has 1 aliphatic heterocycles. The summed E-state index contributed by atoms with van der Waals surface area (Å²) in [6.07, 6.45) is 0. The minimum atomic E-state index is 0.217. The Bertz CT molecular complexity index is 415. The van der Waals surface area contributed by atoms with E-state index in [1.54, 1.807) is 0 Å². The van der Waals surface area contributed by atoms with Crippen LogP contribution in [-0.2, 0) is 6.54 Å². The Labute approximate surface area is 102 Å². The number of nitrogens with two attached hydrogens (primary N) is 1. The highest BCUT2D eigenvalue weighted by Crippen LogP contribution is 2.22. The first kappa shape index (κ1) is 11.8. The maximum Gasteiger partial charge on any atom is 0.191 e. The average molecular weight is 233 g/mol. The zero-order valence-electron chi connectivity index (χ0n) is 10.4. The second-order valence-electron chi connectivity index (χ2n) is 4.46. The van der Waals surface area contributed by atoms with Gasteiger partial charge in [0.1, 0.15) is 12.4 Å². The van der Waals surface area contributed by atoms with E-state index < -0.39 is 0 Å². The quantitative estimate of drug-likeness (QED) is 0.592. The Balaban J connectivity index is 2.18. The number of aliphatic imine (C=N–C) groups is 1. The lowest BCUT2D eigenvalue weighted by Gasteiger charge is -2.21. The smallest absolute Gasteiger partial charge is 0.191 e. The van der Waals surface area contributed by atoms with Gasteiger partial charge >= 0.3 is 0 Å². The summed E-state index contributed by atoms with van der Waals surface area (Å²) in [7, 11) is 0. The molecule has 17 heavy (non-hydrogen) atoms. The fourth-order valence-corrected chi connectivity index (χ4v) is 1.87. The Kier molecular flexibility index (Phi) is 3.52. The Morgan fingerprint density at radius 2 is 2.18 bits per heavy atom. The van der Waals surface area contributed by atoms with Crippen LogP contribution in [0.2, 0.25) is 0 Å². The van der Waals surface area contributed by atoms with Gasteiger partial charge in [-0.1, -0.05) is 18.2 Å². The van der Waals surface area contributed by atoms with Crippen molar-refractivity contribution in [3.63, 3.8) is 0 Å². The molecule has 2 N–H and O–H groups in total. The molecule has 0 radical (unpaired) electrons. The first-order chi connectivity index (χ1) is 8.16. The highest BCUT2D eigenvalue weighted by Gasteiger charge is 2.16. The van der Waals surface area contributed by atoms with Gasteiger partial charge in [0, 0.05) is 18.2 Å². The second kappa shape index (κ2) is 5.08. The first-order valence-corrected chi connectivity index (χ1v) is 5.95. The molecule has 0 amide bonds. The monoisotopic (exact) mass is 233 g/mol. The summed E-state index contributed by atoms with van der Waals surface area (Å²) in [6, 6.07) is 8.28. The second-order valence-corrected chi connectivity index (χ2v) is 4.46. The van der Waals surface area contributed by atoms with Crippen molar-refractivity contribution in [1.29, 1.82) is 0 Å². The molecule has 92 valence electrons. The summed E-state index contributed by atoms with van der Waals surface area (Å²) in [5.74, 6) is 1.55. The van der Waals surface area contributed by atoms with Crippen LogP contribution in [0.3, 0.4) is 0 Å². The largest absolute Gasteiger partial charge is 0.491 e. The van der Waals surface area contributed by atoms with Crippen molar-refractivity contribution in [3.05, 3.63) is 29.8 Å². The van der Waals surface area contributed by atoms with E-state index in [1.807, 2.05) is 32.0 Å². The van der Waals surface area contributed by atoms with Gasteiger partial charge in [-0.25, -0.2) is 0 Å². The van der Waals surface area contributed by atoms with Crippen LogP contribution in [0, 0.1) is 0 Å². The van der Waals surface area contributed by atoms with E-state index in [9.17, 15) is 0 Å². The van der Waals surface area contributed by atoms with E-state index >= 15 is 0 Å². The summed E-state index contributed by atoms with van der Waals surface area (Å²) in [4.78, 5) is 6.44. The van der Waals surface area contributed by atoms with Gasteiger partial charge in [0.05, 0.1) is 6.54 Å². The molecule has 1 aliphatic rings. The van der Waals surface area contributed by atoms with Crippen LogP contribution >= 0.6 is 0 Å². The fourth-order valence-electron chi connectivity index (χ4n) is 1.87. The standard InChI is InChI=1S/C13H19N3O/c1-10(2)15-13(14)16-7-8-17-12-6-4-3-5-11(12)9-16/h3-6,10H,7-9H2,1-2H3,(H2,14,15). The van der Waals surface area contributed by atoms with Crippen molar-refractivity contribution in [3.8, 4) is 5.75 Å². The number of hydrogen-bond donors (Lipinski definition) is 1. The minimum Gasteiger partial charge on any atom is -0.491 e. The lowest BCUT2D eigenvalue weighted by atomic mass is 10.2. The predicted molar refractivity (Wildman–Crippen MR) is 69.1 cm³/mol. The lowest BCUT2D eigenvalue weighted by Crippen LogP contribution is -2.38. The summed E-state index contributed by atoms with van der Waals surface area (Å²) in [6.45, 7) is 6.23. The molecule has 0 saturated heterocycles. The minimum absolute atomic E-state index is 0.217. The van der Waals surface area contributed by atoms with Crippen LogP contribution in [0.1, 0.15) is 19.4 Å². The van der Waals surface area contributed by atoms with E-state index in [4.69, 9.17) is 10.5 Å². The molecule has 0 saturated carbocycles. The Morgan fingerprint density at radius 3 is 2.94 bits per heavy atom. The van der Waals surface area contributed by atoms with Crippen molar-refractivity contribution in [2.75, 3.05) is 13.2 Å². The number of hydrogen-bond acceptors (Lipinski definition) is 2. The van der Waals surface area contributed by atoms with Gasteiger partial charge in [-0.2, -0.15) is 0 Å². The number of para-hydroxylation sites is 1. The van der Waals surface area contributed by atoms with E-state index in [0.717, 1.165) is 24.4 Å². The number of guanidine groups is 1. The van der Waals surface area contributed by atoms with Crippen molar-refractivity contribution < 1.29 is 4.74 Å². The number of nitrogens with zero attached hydrogens (tertiary/aromatic N) is 2. The molecular weight excluding hydrogens is 214 g/mol. The maximum absolute atomic E-state index is 6.00. The van der Waals surface area contributed by atoms with Gasteiger partial charge in [0.2, 0.25) is 0 Å². The SMILES string of the molecule is CC(C)N=C(N)N1CCOc2ccccc2C1. The molecule has 1 aromatic carbocycles. The molecule has 0 bridgehead atoms. The first-order valence-electron chi connectivity index (χ1n) is 5.95. The van der Waals surface area contributed by atoms with Gasteiger partial charge < -0.3 is 15.4 Å². The molecule has 0 fully saturated rings. The molecule has 1 aromatic rings. The molecule has 0 aromatic heterocycles. The molecule has 0 spiro atoms. The van der Waals surface area contributed by atoms with Gasteiger partial charge in [0.25, 0.3) is 0 Å². The predicted octanol–water partition coefficient (Wildman–Crippen LogP) is 1.60. The highest BCUT2D eigenvalue weighted by atomic mass is 16.5. The molecule has 0 unspecified atom stereocenters. The molecule has 0 atom stereocenters. The van der Waals surface area contributed by atoms with Crippen molar-refractivity contribution in [2.24, 2.45) is 10.7 Å². The van der Waals surface area contributed by atoms with E-state index in [-0.39, 0.29) is 6.04 Å². The van der Waals surface area contributed by atoms with Gasteiger partial charge in [-0.05, 0) is 19.9 Å². The highest BCUT2D eigenvalue weighted by molar-refractivity contribution is 5.78. The summed E-state index contributed by atoms with van der Waals surface area (Å²) in [5, 5.41) is 0. The van der Waals surface area contributed by atoms with Crippen molar-refractivity contribution >= 4 is 5.96 Å². The van der Waals surface area contributed by atoms with Crippen molar-refractivity contribution in [2.45, 2.75) is 26.4 Å². The van der Waals surface area contributed by atoms with E-state index in [1.165, 1.54) is 0 Å². The number of rotatable bonds is 1. The lowest BCUT2D eigenvalue weighted by molar-refractivity contribution is 0.288. The van der Waals surface area contributed by atoms with Crippen LogP contribution in [0.15, 0.2) is 29.3 Å². The molecule has 4 nitrogen and oxygen atoms in total. The number of ether oxygens (including phenoxy) is 1. The van der Waals surface area contributed by atoms with Crippen LogP contribution in [0.25, 0.3) is 0 Å². The van der Waals surface area contributed by atoms with Crippen LogP contribution in [0.4, 0.5) is 0 Å². The third-order valence-electron chi connectivity index (χ3n) is 2.67. The summed E-state index contributed by atoms with van der Waals surface area (Å²) >= 11 is 0. The summed E-state index contributed by atoms with van der Waals surface area (Å²) < 4.78 is 5.68. The third-order valence-corrected chi connectivity index (χ3v) is 2.67. The van der Waals surface area contributed by atoms with Gasteiger partial charge in [-0.15, -0.1) is 0 Å². The Morgan fingerprint density at radius 1 is 1.41 bits per heavy atom. The molecule has 0 aliphatic carbocycles. The maximum atomic E-state index is 6.00. The zero-order chi connectivity index (χ0) is 12.3. The Hall–Kier alpha value is -1.71. The molecule has 1 heterocycles. The van der Waals surface area contributed by atoms with E-state index in [2.05, 4.69) is 16.0 Å². The topological polar surface area (TPSA) is 50.8 Å². The van der Waals surface area contributed by atoms with E-state index in [0.29, 0.717) is 12.6 Å².